The second-order valence-corrected chi connectivity index (χ2v) is 4.51. The molecule has 0 saturated carbocycles. The lowest BCUT2D eigenvalue weighted by Gasteiger charge is -2.12. The molecular weight excluding hydrogens is 266 g/mol. The summed E-state index contributed by atoms with van der Waals surface area (Å²) in [5.74, 6) is 4.31. The van der Waals surface area contributed by atoms with Crippen LogP contribution in [0.2, 0.25) is 0 Å². The average molecular weight is 282 g/mol. The van der Waals surface area contributed by atoms with Crippen molar-refractivity contribution >= 4 is 21.7 Å². The van der Waals surface area contributed by atoms with E-state index < -0.39 is 0 Å². The number of terminal acetylenes is 1. The minimum Gasteiger partial charge on any atom is -0.367 e. The smallest absolute Gasteiger partial charge is 0.132 e. The van der Waals surface area contributed by atoms with Crippen molar-refractivity contribution in [3.8, 4) is 12.3 Å². The van der Waals surface area contributed by atoms with Crippen molar-refractivity contribution in [2.24, 2.45) is 0 Å². The monoisotopic (exact) mass is 281 g/mol. The number of nitrogens with zero attached hydrogens (tertiary/aromatic N) is 2. The fourth-order valence-corrected chi connectivity index (χ4v) is 1.78. The third-order valence-corrected chi connectivity index (χ3v) is 2.44. The second kappa shape index (κ2) is 6.49. The number of aryl methyl sites for hydroxylation is 1. The molecule has 4 heteroatoms. The van der Waals surface area contributed by atoms with Gasteiger partial charge in [0.2, 0.25) is 0 Å². The summed E-state index contributed by atoms with van der Waals surface area (Å²) in [4.78, 5) is 8.73. The standard InChI is InChI=1S/C12H16BrN3/c1-4-6-9(3)14-12-8-10(13)15-11(16-12)7-5-2/h1,8-9H,5-7H2,2-3H3,(H,14,15,16). The molecule has 1 rings (SSSR count). The Kier molecular flexibility index (Phi) is 5.27. The van der Waals surface area contributed by atoms with Gasteiger partial charge in [-0.05, 0) is 29.3 Å². The highest BCUT2D eigenvalue weighted by Crippen LogP contribution is 2.14. The van der Waals surface area contributed by atoms with Crippen molar-refractivity contribution in [1.82, 2.24) is 9.97 Å². The maximum absolute atomic E-state index is 5.26. The summed E-state index contributed by atoms with van der Waals surface area (Å²) in [6.07, 6.45) is 7.87. The van der Waals surface area contributed by atoms with Gasteiger partial charge in [0.1, 0.15) is 16.2 Å². The van der Waals surface area contributed by atoms with E-state index in [-0.39, 0.29) is 6.04 Å². The number of halogens is 1. The lowest BCUT2D eigenvalue weighted by Crippen LogP contribution is -2.16. The first-order valence-corrected chi connectivity index (χ1v) is 6.18. The fraction of sp³-hybridized carbons (Fsp3) is 0.500. The molecule has 1 heterocycles. The maximum atomic E-state index is 5.26. The van der Waals surface area contributed by atoms with Crippen molar-refractivity contribution in [3.63, 3.8) is 0 Å². The van der Waals surface area contributed by atoms with Gasteiger partial charge in [-0.3, -0.25) is 0 Å². The summed E-state index contributed by atoms with van der Waals surface area (Å²) >= 11 is 3.38. The lowest BCUT2D eigenvalue weighted by molar-refractivity contribution is 0.796. The SMILES string of the molecule is C#CCC(C)Nc1cc(Br)nc(CCC)n1. The summed E-state index contributed by atoms with van der Waals surface area (Å²) in [7, 11) is 0. The van der Waals surface area contributed by atoms with Crippen LogP contribution < -0.4 is 5.32 Å². The Balaban J connectivity index is 2.76. The van der Waals surface area contributed by atoms with Crippen LogP contribution in [-0.4, -0.2) is 16.0 Å². The van der Waals surface area contributed by atoms with Gasteiger partial charge in [0.25, 0.3) is 0 Å². The molecule has 0 aliphatic rings. The molecule has 1 N–H and O–H groups in total. The molecule has 0 aromatic carbocycles. The summed E-state index contributed by atoms with van der Waals surface area (Å²) < 4.78 is 0.807. The van der Waals surface area contributed by atoms with E-state index in [1.54, 1.807) is 0 Å². The molecule has 0 saturated heterocycles. The van der Waals surface area contributed by atoms with Crippen LogP contribution in [0.3, 0.4) is 0 Å². The average Bonchev–Trinajstić information content (AvgIpc) is 2.17. The highest BCUT2D eigenvalue weighted by Gasteiger charge is 2.05. The van der Waals surface area contributed by atoms with E-state index in [0.717, 1.165) is 29.1 Å². The van der Waals surface area contributed by atoms with Gasteiger partial charge in [-0.15, -0.1) is 12.3 Å². The largest absolute Gasteiger partial charge is 0.367 e. The zero-order valence-corrected chi connectivity index (χ0v) is 11.2. The molecule has 1 aromatic heterocycles. The minimum atomic E-state index is 0.223. The Morgan fingerprint density at radius 2 is 2.31 bits per heavy atom. The summed E-state index contributed by atoms with van der Waals surface area (Å²) in [5, 5.41) is 3.26. The van der Waals surface area contributed by atoms with Crippen LogP contribution in [0.5, 0.6) is 0 Å². The molecular formula is C12H16BrN3. The van der Waals surface area contributed by atoms with Crippen molar-refractivity contribution in [2.75, 3.05) is 5.32 Å². The Morgan fingerprint density at radius 1 is 1.56 bits per heavy atom. The van der Waals surface area contributed by atoms with Crippen LogP contribution in [0.25, 0.3) is 0 Å². The third-order valence-electron chi connectivity index (χ3n) is 2.03. The summed E-state index contributed by atoms with van der Waals surface area (Å²) in [6.45, 7) is 4.15. The molecule has 0 spiro atoms. The molecule has 86 valence electrons. The molecule has 0 bridgehead atoms. The van der Waals surface area contributed by atoms with Gasteiger partial charge in [0, 0.05) is 24.9 Å². The van der Waals surface area contributed by atoms with Crippen LogP contribution in [-0.2, 0) is 6.42 Å². The molecule has 0 aliphatic carbocycles. The highest BCUT2D eigenvalue weighted by molar-refractivity contribution is 9.10. The van der Waals surface area contributed by atoms with Crippen molar-refractivity contribution in [2.45, 2.75) is 39.2 Å². The predicted molar refractivity (Wildman–Crippen MR) is 70.3 cm³/mol. The number of anilines is 1. The molecule has 16 heavy (non-hydrogen) atoms. The van der Waals surface area contributed by atoms with Gasteiger partial charge < -0.3 is 5.32 Å². The zero-order valence-electron chi connectivity index (χ0n) is 9.63. The predicted octanol–water partition coefficient (Wildman–Crippen LogP) is 3.02. The van der Waals surface area contributed by atoms with E-state index >= 15 is 0 Å². The van der Waals surface area contributed by atoms with Crippen molar-refractivity contribution in [3.05, 3.63) is 16.5 Å². The van der Waals surface area contributed by atoms with Crippen LogP contribution in [0.4, 0.5) is 5.82 Å². The lowest BCUT2D eigenvalue weighted by atomic mass is 10.2. The zero-order chi connectivity index (χ0) is 12.0. The first-order chi connectivity index (χ1) is 7.65. The van der Waals surface area contributed by atoms with E-state index in [0.29, 0.717) is 6.42 Å². The van der Waals surface area contributed by atoms with E-state index in [9.17, 15) is 0 Å². The first kappa shape index (κ1) is 13.0. The Bertz CT molecular complexity index is 384. The molecule has 0 fully saturated rings. The fourth-order valence-electron chi connectivity index (χ4n) is 1.35. The van der Waals surface area contributed by atoms with Crippen LogP contribution in [0.15, 0.2) is 10.7 Å². The van der Waals surface area contributed by atoms with E-state index in [2.05, 4.69) is 44.1 Å². The van der Waals surface area contributed by atoms with Gasteiger partial charge >= 0.3 is 0 Å². The minimum absolute atomic E-state index is 0.223. The maximum Gasteiger partial charge on any atom is 0.132 e. The molecule has 1 aromatic rings. The van der Waals surface area contributed by atoms with Crippen molar-refractivity contribution in [1.29, 1.82) is 0 Å². The molecule has 0 radical (unpaired) electrons. The molecule has 3 nitrogen and oxygen atoms in total. The topological polar surface area (TPSA) is 37.8 Å². The van der Waals surface area contributed by atoms with Crippen LogP contribution in [0, 0.1) is 12.3 Å². The Labute approximate surface area is 105 Å². The van der Waals surface area contributed by atoms with Crippen LogP contribution in [0.1, 0.15) is 32.5 Å². The van der Waals surface area contributed by atoms with E-state index in [4.69, 9.17) is 6.42 Å². The molecule has 0 amide bonds. The van der Waals surface area contributed by atoms with Gasteiger partial charge in [-0.25, -0.2) is 9.97 Å². The summed E-state index contributed by atoms with van der Waals surface area (Å²) in [5.41, 5.74) is 0. The highest BCUT2D eigenvalue weighted by atomic mass is 79.9. The van der Waals surface area contributed by atoms with Crippen LogP contribution >= 0.6 is 15.9 Å². The van der Waals surface area contributed by atoms with Gasteiger partial charge in [0.15, 0.2) is 0 Å². The molecule has 1 atom stereocenters. The number of hydrogen-bond donors (Lipinski definition) is 1. The van der Waals surface area contributed by atoms with Gasteiger partial charge in [-0.1, -0.05) is 6.92 Å². The Hall–Kier alpha value is -1.08. The van der Waals surface area contributed by atoms with E-state index in [1.807, 2.05) is 13.0 Å². The molecule has 0 aliphatic heterocycles. The van der Waals surface area contributed by atoms with Gasteiger partial charge in [0.05, 0.1) is 0 Å². The second-order valence-electron chi connectivity index (χ2n) is 3.70. The number of aromatic nitrogens is 2. The molecule has 1 unspecified atom stereocenters. The number of nitrogens with one attached hydrogen (secondary N) is 1. The first-order valence-electron chi connectivity index (χ1n) is 5.39. The normalized spacial score (nSPS) is 11.9. The Morgan fingerprint density at radius 3 is 2.94 bits per heavy atom. The summed E-state index contributed by atoms with van der Waals surface area (Å²) in [6, 6.07) is 2.09. The number of rotatable bonds is 5. The number of hydrogen-bond acceptors (Lipinski definition) is 3. The quantitative estimate of drug-likeness (QED) is 0.666. The van der Waals surface area contributed by atoms with Gasteiger partial charge in [-0.2, -0.15) is 0 Å². The van der Waals surface area contributed by atoms with Crippen molar-refractivity contribution < 1.29 is 0 Å². The van der Waals surface area contributed by atoms with E-state index in [1.165, 1.54) is 0 Å². The third kappa shape index (κ3) is 4.19.